The summed E-state index contributed by atoms with van der Waals surface area (Å²) in [6.07, 6.45) is 0. The van der Waals surface area contributed by atoms with Gasteiger partial charge < -0.3 is 18.9 Å². The molecule has 0 bridgehead atoms. The van der Waals surface area contributed by atoms with E-state index in [4.69, 9.17) is 13.9 Å². The van der Waals surface area contributed by atoms with Gasteiger partial charge in [-0.15, -0.1) is 0 Å². The predicted octanol–water partition coefficient (Wildman–Crippen LogP) is 3.48. The van der Waals surface area contributed by atoms with Crippen molar-refractivity contribution in [2.24, 2.45) is 0 Å². The number of fused-ring (bicyclic) bond motifs is 4. The second kappa shape index (κ2) is 6.34. The van der Waals surface area contributed by atoms with E-state index in [9.17, 15) is 9.59 Å². The lowest BCUT2D eigenvalue weighted by Crippen LogP contribution is -2.28. The molecule has 3 heterocycles. The van der Waals surface area contributed by atoms with Gasteiger partial charge in [-0.25, -0.2) is 4.79 Å². The molecule has 1 atom stereocenters. The van der Waals surface area contributed by atoms with Gasteiger partial charge in [0.2, 0.25) is 5.88 Å². The fraction of sp³-hybridized carbons (Fsp3) is 0.136. The van der Waals surface area contributed by atoms with Gasteiger partial charge in [-0.2, -0.15) is 4.98 Å². The Balaban J connectivity index is 1.88. The van der Waals surface area contributed by atoms with Gasteiger partial charge in [0.25, 0.3) is 5.56 Å². The molecular weight excluding hydrogens is 372 g/mol. The van der Waals surface area contributed by atoms with Crippen LogP contribution in [-0.2, 0) is 0 Å². The minimum absolute atomic E-state index is 0.190. The van der Waals surface area contributed by atoms with Crippen molar-refractivity contribution in [1.82, 2.24) is 9.97 Å². The standard InChI is InChI=1S/C22H16N2O5/c1-11-23-20(25)18-16(12-7-9-13(27-2)10-8-12)17-19(29-21(18)24-11)14-5-3-4-6-15(14)28-22(17)26/h3-10,16H,1-2H3,(H,23,24,25). The third-order valence-electron chi connectivity index (χ3n) is 5.06. The van der Waals surface area contributed by atoms with Crippen LogP contribution in [-0.4, -0.2) is 17.1 Å². The van der Waals surface area contributed by atoms with Crippen LogP contribution >= 0.6 is 0 Å². The quantitative estimate of drug-likeness (QED) is 0.465. The molecule has 29 heavy (non-hydrogen) atoms. The first-order valence-corrected chi connectivity index (χ1v) is 9.05. The van der Waals surface area contributed by atoms with Gasteiger partial charge in [-0.3, -0.25) is 4.79 Å². The SMILES string of the molecule is COc1ccc(C2c3c(nc(C)[nH]c3=O)Oc3c2c(=O)oc2ccccc32)cc1. The van der Waals surface area contributed by atoms with Crippen LogP contribution in [0.4, 0.5) is 0 Å². The summed E-state index contributed by atoms with van der Waals surface area (Å²) in [5.41, 5.74) is 0.787. The van der Waals surface area contributed by atoms with Crippen molar-refractivity contribution >= 4 is 11.0 Å². The number of para-hydroxylation sites is 1. The fourth-order valence-electron chi connectivity index (χ4n) is 3.77. The Kier molecular flexibility index (Phi) is 3.77. The number of aromatic amines is 1. The van der Waals surface area contributed by atoms with E-state index in [1.165, 1.54) is 0 Å². The highest BCUT2D eigenvalue weighted by Gasteiger charge is 2.37. The number of ether oxygens (including phenoxy) is 2. The van der Waals surface area contributed by atoms with Crippen LogP contribution in [0.25, 0.3) is 11.0 Å². The maximum atomic E-state index is 13.0. The molecule has 144 valence electrons. The monoisotopic (exact) mass is 388 g/mol. The van der Waals surface area contributed by atoms with E-state index in [0.717, 1.165) is 5.56 Å². The summed E-state index contributed by atoms with van der Waals surface area (Å²) in [6, 6.07) is 14.3. The summed E-state index contributed by atoms with van der Waals surface area (Å²) in [4.78, 5) is 32.9. The number of rotatable bonds is 2. The first kappa shape index (κ1) is 17.2. The normalized spacial score (nSPS) is 14.8. The number of hydrogen-bond donors (Lipinski definition) is 1. The lowest BCUT2D eigenvalue weighted by atomic mass is 9.84. The molecule has 5 rings (SSSR count). The highest BCUT2D eigenvalue weighted by Crippen LogP contribution is 2.46. The highest BCUT2D eigenvalue weighted by atomic mass is 16.5. The number of hydrogen-bond acceptors (Lipinski definition) is 6. The molecule has 0 saturated carbocycles. The average Bonchev–Trinajstić information content (AvgIpc) is 2.72. The van der Waals surface area contributed by atoms with E-state index >= 15 is 0 Å². The van der Waals surface area contributed by atoms with E-state index in [0.29, 0.717) is 28.3 Å². The maximum absolute atomic E-state index is 13.0. The third kappa shape index (κ3) is 2.62. The lowest BCUT2D eigenvalue weighted by molar-refractivity contribution is 0.413. The Morgan fingerprint density at radius 3 is 2.55 bits per heavy atom. The minimum Gasteiger partial charge on any atom is -0.497 e. The molecule has 0 amide bonds. The molecule has 2 aromatic heterocycles. The van der Waals surface area contributed by atoms with Crippen molar-refractivity contribution in [3.63, 3.8) is 0 Å². The Morgan fingerprint density at radius 2 is 1.79 bits per heavy atom. The number of nitrogens with one attached hydrogen (secondary N) is 1. The molecule has 1 unspecified atom stereocenters. The van der Waals surface area contributed by atoms with Crippen LogP contribution in [0.15, 0.2) is 62.5 Å². The Morgan fingerprint density at radius 1 is 1.03 bits per heavy atom. The van der Waals surface area contributed by atoms with Crippen molar-refractivity contribution < 1.29 is 13.9 Å². The number of benzene rings is 2. The van der Waals surface area contributed by atoms with Gasteiger partial charge in [0.1, 0.15) is 17.2 Å². The average molecular weight is 388 g/mol. The first-order valence-electron chi connectivity index (χ1n) is 9.05. The van der Waals surface area contributed by atoms with Crippen LogP contribution in [0.1, 0.15) is 28.4 Å². The number of aromatic nitrogens is 2. The summed E-state index contributed by atoms with van der Waals surface area (Å²) < 4.78 is 16.8. The van der Waals surface area contributed by atoms with Crippen molar-refractivity contribution in [3.8, 4) is 17.4 Å². The molecule has 1 N–H and O–H groups in total. The van der Waals surface area contributed by atoms with Crippen LogP contribution in [0, 0.1) is 6.92 Å². The summed E-state index contributed by atoms with van der Waals surface area (Å²) in [7, 11) is 1.58. The van der Waals surface area contributed by atoms with Crippen LogP contribution in [0.2, 0.25) is 0 Å². The van der Waals surface area contributed by atoms with Crippen molar-refractivity contribution in [1.29, 1.82) is 0 Å². The molecule has 1 aliphatic heterocycles. The van der Waals surface area contributed by atoms with Gasteiger partial charge in [-0.05, 0) is 36.8 Å². The van der Waals surface area contributed by atoms with Gasteiger partial charge in [0.05, 0.1) is 29.5 Å². The van der Waals surface area contributed by atoms with E-state index in [1.54, 1.807) is 38.3 Å². The number of H-pyrrole nitrogens is 1. The van der Waals surface area contributed by atoms with Gasteiger partial charge in [0, 0.05) is 0 Å². The molecule has 0 saturated heterocycles. The van der Waals surface area contributed by atoms with Gasteiger partial charge >= 0.3 is 5.63 Å². The smallest absolute Gasteiger partial charge is 0.344 e. The summed E-state index contributed by atoms with van der Waals surface area (Å²) in [5.74, 6) is 0.969. The molecule has 0 spiro atoms. The van der Waals surface area contributed by atoms with E-state index in [2.05, 4.69) is 9.97 Å². The third-order valence-corrected chi connectivity index (χ3v) is 5.06. The zero-order valence-electron chi connectivity index (χ0n) is 15.7. The molecule has 0 radical (unpaired) electrons. The van der Waals surface area contributed by atoms with E-state index in [-0.39, 0.29) is 22.6 Å². The van der Waals surface area contributed by atoms with Crippen LogP contribution in [0.3, 0.4) is 0 Å². The van der Waals surface area contributed by atoms with E-state index in [1.807, 2.05) is 24.3 Å². The molecule has 7 heteroatoms. The predicted molar refractivity (Wildman–Crippen MR) is 106 cm³/mol. The van der Waals surface area contributed by atoms with Crippen LogP contribution < -0.4 is 20.7 Å². The second-order valence-electron chi connectivity index (χ2n) is 6.81. The summed E-state index contributed by atoms with van der Waals surface area (Å²) in [5, 5.41) is 0.644. The molecule has 0 fully saturated rings. The molecule has 7 nitrogen and oxygen atoms in total. The van der Waals surface area contributed by atoms with Crippen molar-refractivity contribution in [2.75, 3.05) is 7.11 Å². The summed E-state index contributed by atoms with van der Waals surface area (Å²) >= 11 is 0. The summed E-state index contributed by atoms with van der Waals surface area (Å²) in [6.45, 7) is 1.68. The van der Waals surface area contributed by atoms with Gasteiger partial charge in [-0.1, -0.05) is 24.3 Å². The Hall–Kier alpha value is -3.87. The minimum atomic E-state index is -0.683. The van der Waals surface area contributed by atoms with Gasteiger partial charge in [0.15, 0.2) is 5.75 Å². The Labute approximate surface area is 164 Å². The molecule has 2 aromatic carbocycles. The number of aryl methyl sites for hydroxylation is 1. The zero-order chi connectivity index (χ0) is 20.1. The number of nitrogens with zero attached hydrogens (tertiary/aromatic N) is 1. The fourth-order valence-corrected chi connectivity index (χ4v) is 3.77. The number of methoxy groups -OCH3 is 1. The van der Waals surface area contributed by atoms with Crippen molar-refractivity contribution in [3.05, 3.63) is 91.8 Å². The largest absolute Gasteiger partial charge is 0.497 e. The first-order chi connectivity index (χ1) is 14.1. The maximum Gasteiger partial charge on any atom is 0.344 e. The topological polar surface area (TPSA) is 94.4 Å². The van der Waals surface area contributed by atoms with E-state index < -0.39 is 11.5 Å². The van der Waals surface area contributed by atoms with Crippen molar-refractivity contribution in [2.45, 2.75) is 12.8 Å². The van der Waals surface area contributed by atoms with Crippen LogP contribution in [0.5, 0.6) is 17.4 Å². The molecule has 4 aromatic rings. The zero-order valence-corrected chi connectivity index (χ0v) is 15.7. The molecule has 1 aliphatic rings. The second-order valence-corrected chi connectivity index (χ2v) is 6.81. The lowest BCUT2D eigenvalue weighted by Gasteiger charge is -2.26. The highest BCUT2D eigenvalue weighted by molar-refractivity contribution is 5.86. The Bertz CT molecular complexity index is 1370. The molecular formula is C22H16N2O5. The molecule has 0 aliphatic carbocycles.